The van der Waals surface area contributed by atoms with Gasteiger partial charge in [-0.3, -0.25) is 4.79 Å². The van der Waals surface area contributed by atoms with Crippen LogP contribution >= 0.6 is 0 Å². The molecule has 1 rings (SSSR count). The van der Waals surface area contributed by atoms with Crippen LogP contribution in [0.1, 0.15) is 23.0 Å². The van der Waals surface area contributed by atoms with Gasteiger partial charge >= 0.3 is 5.97 Å². The first-order chi connectivity index (χ1) is 6.19. The lowest BCUT2D eigenvalue weighted by Gasteiger charge is -2.03. The Balaban J connectivity index is 3.23. The number of carbonyl (C=O) groups excluding carboxylic acids is 1. The summed E-state index contributed by atoms with van der Waals surface area (Å²) >= 11 is 0. The van der Waals surface area contributed by atoms with Gasteiger partial charge in [0.2, 0.25) is 5.56 Å². The average molecular weight is 181 g/mol. The molecule has 0 bridgehead atoms. The summed E-state index contributed by atoms with van der Waals surface area (Å²) in [5, 5.41) is 0. The molecule has 13 heavy (non-hydrogen) atoms. The van der Waals surface area contributed by atoms with E-state index in [2.05, 4.69) is 9.72 Å². The van der Waals surface area contributed by atoms with Crippen LogP contribution in [-0.2, 0) is 11.2 Å². The minimum Gasteiger partial charge on any atom is -0.464 e. The number of nitrogens with one attached hydrogen (secondary N) is 1. The van der Waals surface area contributed by atoms with Gasteiger partial charge in [0.1, 0.15) is 5.69 Å². The molecule has 0 saturated carbocycles. The van der Waals surface area contributed by atoms with Crippen molar-refractivity contribution < 1.29 is 9.53 Å². The summed E-state index contributed by atoms with van der Waals surface area (Å²) in [5.74, 6) is -0.505. The van der Waals surface area contributed by atoms with E-state index in [0.717, 1.165) is 5.56 Å². The number of carbonyl (C=O) groups is 1. The van der Waals surface area contributed by atoms with E-state index in [0.29, 0.717) is 6.42 Å². The Morgan fingerprint density at radius 1 is 1.54 bits per heavy atom. The van der Waals surface area contributed by atoms with Crippen LogP contribution in [0.2, 0.25) is 0 Å². The van der Waals surface area contributed by atoms with Gasteiger partial charge in [0.05, 0.1) is 7.11 Å². The van der Waals surface area contributed by atoms with Crippen LogP contribution in [0.3, 0.4) is 0 Å². The highest BCUT2D eigenvalue weighted by Crippen LogP contribution is 2.04. The Morgan fingerprint density at radius 2 is 2.23 bits per heavy atom. The van der Waals surface area contributed by atoms with Gasteiger partial charge in [0.15, 0.2) is 0 Å². The third kappa shape index (κ3) is 1.96. The van der Waals surface area contributed by atoms with E-state index in [1.807, 2.05) is 6.92 Å². The Hall–Kier alpha value is -1.58. The Morgan fingerprint density at radius 3 is 2.77 bits per heavy atom. The molecular formula is C9H11NO3. The summed E-state index contributed by atoms with van der Waals surface area (Å²) in [6.45, 7) is 1.90. The Labute approximate surface area is 75.5 Å². The third-order valence-electron chi connectivity index (χ3n) is 1.78. The Bertz CT molecular complexity index is 367. The number of rotatable bonds is 2. The highest BCUT2D eigenvalue weighted by molar-refractivity contribution is 5.88. The summed E-state index contributed by atoms with van der Waals surface area (Å²) in [6.07, 6.45) is 0.682. The quantitative estimate of drug-likeness (QED) is 0.684. The zero-order valence-corrected chi connectivity index (χ0v) is 7.59. The highest BCUT2D eigenvalue weighted by Gasteiger charge is 2.10. The minimum absolute atomic E-state index is 0.248. The predicted molar refractivity (Wildman–Crippen MR) is 47.8 cm³/mol. The second-order valence-corrected chi connectivity index (χ2v) is 2.57. The highest BCUT2D eigenvalue weighted by atomic mass is 16.5. The lowest BCUT2D eigenvalue weighted by atomic mass is 10.1. The topological polar surface area (TPSA) is 59.2 Å². The summed E-state index contributed by atoms with van der Waals surface area (Å²) in [4.78, 5) is 24.5. The molecule has 1 heterocycles. The second kappa shape index (κ2) is 3.89. The molecule has 1 aromatic heterocycles. The van der Waals surface area contributed by atoms with Crippen LogP contribution in [0.25, 0.3) is 0 Å². The van der Waals surface area contributed by atoms with Crippen molar-refractivity contribution in [2.45, 2.75) is 13.3 Å². The largest absolute Gasteiger partial charge is 0.464 e. The fourth-order valence-corrected chi connectivity index (χ4v) is 1.08. The van der Waals surface area contributed by atoms with Gasteiger partial charge in [-0.05, 0) is 12.0 Å². The van der Waals surface area contributed by atoms with Crippen LogP contribution < -0.4 is 5.56 Å². The molecule has 0 amide bonds. The number of ether oxygens (including phenoxy) is 1. The van der Waals surface area contributed by atoms with E-state index in [-0.39, 0.29) is 11.3 Å². The Kier molecular flexibility index (Phi) is 2.84. The number of pyridine rings is 1. The van der Waals surface area contributed by atoms with Gasteiger partial charge in [0, 0.05) is 6.07 Å². The van der Waals surface area contributed by atoms with E-state index >= 15 is 0 Å². The van der Waals surface area contributed by atoms with Crippen LogP contribution in [0.4, 0.5) is 0 Å². The van der Waals surface area contributed by atoms with Gasteiger partial charge in [-0.1, -0.05) is 13.0 Å². The zero-order valence-electron chi connectivity index (χ0n) is 7.59. The monoisotopic (exact) mass is 181 g/mol. The van der Waals surface area contributed by atoms with Crippen LogP contribution in [-0.4, -0.2) is 18.1 Å². The van der Waals surface area contributed by atoms with Crippen molar-refractivity contribution in [3.05, 3.63) is 33.7 Å². The number of aromatic amines is 1. The van der Waals surface area contributed by atoms with Crippen molar-refractivity contribution in [3.8, 4) is 0 Å². The first-order valence-electron chi connectivity index (χ1n) is 3.99. The third-order valence-corrected chi connectivity index (χ3v) is 1.78. The van der Waals surface area contributed by atoms with Crippen molar-refractivity contribution in [2.75, 3.05) is 7.11 Å². The molecule has 0 fully saturated rings. The number of methoxy groups -OCH3 is 1. The van der Waals surface area contributed by atoms with Crippen LogP contribution in [0.5, 0.6) is 0 Å². The molecule has 4 nitrogen and oxygen atoms in total. The van der Waals surface area contributed by atoms with Crippen LogP contribution in [0, 0.1) is 0 Å². The second-order valence-electron chi connectivity index (χ2n) is 2.57. The number of hydrogen-bond acceptors (Lipinski definition) is 3. The maximum Gasteiger partial charge on any atom is 0.354 e. The van der Waals surface area contributed by atoms with Crippen molar-refractivity contribution in [3.63, 3.8) is 0 Å². The molecule has 0 aliphatic carbocycles. The lowest BCUT2D eigenvalue weighted by molar-refractivity contribution is 0.0592. The molecule has 1 aromatic rings. The summed E-state index contributed by atoms with van der Waals surface area (Å²) in [7, 11) is 1.28. The first-order valence-corrected chi connectivity index (χ1v) is 3.99. The van der Waals surface area contributed by atoms with E-state index in [1.54, 1.807) is 6.07 Å². The van der Waals surface area contributed by atoms with Crippen LogP contribution in [0.15, 0.2) is 16.9 Å². The standard InChI is InChI=1S/C9H11NO3/c1-3-6-4-5-7(11)10-8(6)9(12)13-2/h4-5H,3H2,1-2H3,(H,10,11). The molecule has 0 aromatic carbocycles. The molecule has 0 saturated heterocycles. The molecule has 70 valence electrons. The number of H-pyrrole nitrogens is 1. The molecule has 0 aliphatic heterocycles. The van der Waals surface area contributed by atoms with Gasteiger partial charge in [-0.25, -0.2) is 4.79 Å². The van der Waals surface area contributed by atoms with Crippen molar-refractivity contribution in [2.24, 2.45) is 0 Å². The number of hydrogen-bond donors (Lipinski definition) is 1. The number of aryl methyl sites for hydroxylation is 1. The summed E-state index contributed by atoms with van der Waals surface area (Å²) < 4.78 is 4.52. The summed E-state index contributed by atoms with van der Waals surface area (Å²) in [5.41, 5.74) is 0.738. The predicted octanol–water partition coefficient (Wildman–Crippen LogP) is 0.724. The van der Waals surface area contributed by atoms with Gasteiger partial charge in [0.25, 0.3) is 0 Å². The van der Waals surface area contributed by atoms with E-state index in [1.165, 1.54) is 13.2 Å². The molecule has 1 N–H and O–H groups in total. The minimum atomic E-state index is -0.505. The number of aromatic nitrogens is 1. The van der Waals surface area contributed by atoms with Gasteiger partial charge in [-0.2, -0.15) is 0 Å². The average Bonchev–Trinajstić information content (AvgIpc) is 2.16. The SMILES string of the molecule is CCc1ccc(=O)[nH]c1C(=O)OC. The van der Waals surface area contributed by atoms with Crippen molar-refractivity contribution in [1.82, 2.24) is 4.98 Å². The molecule has 0 unspecified atom stereocenters. The van der Waals surface area contributed by atoms with Crippen molar-refractivity contribution >= 4 is 5.97 Å². The molecular weight excluding hydrogens is 170 g/mol. The smallest absolute Gasteiger partial charge is 0.354 e. The van der Waals surface area contributed by atoms with E-state index in [9.17, 15) is 9.59 Å². The van der Waals surface area contributed by atoms with Gasteiger partial charge < -0.3 is 9.72 Å². The number of esters is 1. The fraction of sp³-hybridized carbons (Fsp3) is 0.333. The first kappa shape index (κ1) is 9.51. The maximum absolute atomic E-state index is 11.2. The normalized spacial score (nSPS) is 9.69. The molecule has 0 aliphatic rings. The summed E-state index contributed by atoms with van der Waals surface area (Å²) in [6, 6.07) is 3.02. The maximum atomic E-state index is 11.2. The van der Waals surface area contributed by atoms with E-state index in [4.69, 9.17) is 0 Å². The fourth-order valence-electron chi connectivity index (χ4n) is 1.08. The van der Waals surface area contributed by atoms with Crippen molar-refractivity contribution in [1.29, 1.82) is 0 Å². The van der Waals surface area contributed by atoms with E-state index < -0.39 is 5.97 Å². The molecule has 0 atom stereocenters. The molecule has 0 radical (unpaired) electrons. The zero-order chi connectivity index (χ0) is 9.84. The molecule has 4 heteroatoms. The van der Waals surface area contributed by atoms with Gasteiger partial charge in [-0.15, -0.1) is 0 Å². The molecule has 0 spiro atoms. The lowest BCUT2D eigenvalue weighted by Crippen LogP contribution is -2.15.